The fourth-order valence-electron chi connectivity index (χ4n) is 1.84. The second-order valence-electron chi connectivity index (χ2n) is 4.41. The lowest BCUT2D eigenvalue weighted by Crippen LogP contribution is -2.18. The van der Waals surface area contributed by atoms with Crippen LogP contribution in [0.3, 0.4) is 0 Å². The third-order valence-electron chi connectivity index (χ3n) is 2.78. The van der Waals surface area contributed by atoms with Gasteiger partial charge in [-0.1, -0.05) is 0 Å². The van der Waals surface area contributed by atoms with Crippen LogP contribution in [0.2, 0.25) is 0 Å². The lowest BCUT2D eigenvalue weighted by atomic mass is 10.3. The molecule has 0 radical (unpaired) electrons. The van der Waals surface area contributed by atoms with Crippen molar-refractivity contribution in [3.63, 3.8) is 0 Å². The van der Waals surface area contributed by atoms with Crippen molar-refractivity contribution in [2.24, 2.45) is 7.05 Å². The molecule has 6 heteroatoms. The minimum atomic E-state index is 0. The minimum absolute atomic E-state index is 0. The zero-order valence-electron chi connectivity index (χ0n) is 11.0. The number of nitrogens with zero attached hydrogens (tertiary/aromatic N) is 4. The third-order valence-corrected chi connectivity index (χ3v) is 2.78. The Morgan fingerprint density at radius 1 is 1.11 bits per heavy atom. The van der Waals surface area contributed by atoms with Gasteiger partial charge in [0.15, 0.2) is 0 Å². The summed E-state index contributed by atoms with van der Waals surface area (Å²) in [5.41, 5.74) is 2.39. The molecule has 0 aliphatic carbocycles. The van der Waals surface area contributed by atoms with Gasteiger partial charge in [-0.15, -0.1) is 12.4 Å². The Kier molecular flexibility index (Phi) is 5.37. The van der Waals surface area contributed by atoms with Gasteiger partial charge in [0.25, 0.3) is 0 Å². The number of hydrogen-bond acceptors (Lipinski definition) is 3. The maximum Gasteiger partial charge on any atom is 0.0525 e. The van der Waals surface area contributed by atoms with E-state index in [9.17, 15) is 0 Å². The predicted octanol–water partition coefficient (Wildman–Crippen LogP) is 1.91. The van der Waals surface area contributed by atoms with Gasteiger partial charge in [0.1, 0.15) is 0 Å². The molecule has 0 amide bonds. The highest BCUT2D eigenvalue weighted by atomic mass is 35.5. The van der Waals surface area contributed by atoms with Gasteiger partial charge in [-0.25, -0.2) is 0 Å². The van der Waals surface area contributed by atoms with Crippen LogP contribution in [0.5, 0.6) is 0 Å². The molecule has 2 rings (SSSR count). The van der Waals surface area contributed by atoms with Gasteiger partial charge in [0, 0.05) is 38.6 Å². The Labute approximate surface area is 114 Å². The van der Waals surface area contributed by atoms with E-state index in [2.05, 4.69) is 35.4 Å². The zero-order valence-corrected chi connectivity index (χ0v) is 11.8. The van der Waals surface area contributed by atoms with Gasteiger partial charge in [-0.2, -0.15) is 10.2 Å². The number of halogens is 1. The summed E-state index contributed by atoms with van der Waals surface area (Å²) in [7, 11) is 1.95. The van der Waals surface area contributed by atoms with E-state index in [1.54, 1.807) is 0 Å². The van der Waals surface area contributed by atoms with Crippen molar-refractivity contribution in [2.45, 2.75) is 33.0 Å². The van der Waals surface area contributed by atoms with E-state index in [-0.39, 0.29) is 12.4 Å². The lowest BCUT2D eigenvalue weighted by molar-refractivity contribution is 0.492. The normalized spacial score (nSPS) is 10.7. The monoisotopic (exact) mass is 269 g/mol. The van der Waals surface area contributed by atoms with E-state index in [0.717, 1.165) is 13.1 Å². The van der Waals surface area contributed by atoms with Crippen LogP contribution < -0.4 is 5.32 Å². The largest absolute Gasteiger partial charge is 0.306 e. The maximum atomic E-state index is 4.31. The van der Waals surface area contributed by atoms with E-state index in [1.807, 2.05) is 34.9 Å². The summed E-state index contributed by atoms with van der Waals surface area (Å²) in [5.74, 6) is 0. The second-order valence-corrected chi connectivity index (χ2v) is 4.41. The van der Waals surface area contributed by atoms with Crippen LogP contribution in [-0.2, 0) is 20.1 Å². The van der Waals surface area contributed by atoms with Gasteiger partial charge in [0.2, 0.25) is 0 Å². The quantitative estimate of drug-likeness (QED) is 0.902. The first kappa shape index (κ1) is 14.7. The van der Waals surface area contributed by atoms with Crippen LogP contribution in [0, 0.1) is 0 Å². The summed E-state index contributed by atoms with van der Waals surface area (Å²) in [5, 5.41) is 11.8. The summed E-state index contributed by atoms with van der Waals surface area (Å²) in [6.45, 7) is 5.92. The number of aromatic nitrogens is 4. The molecular weight excluding hydrogens is 250 g/mol. The van der Waals surface area contributed by atoms with Gasteiger partial charge < -0.3 is 5.32 Å². The number of hydrogen-bond donors (Lipinski definition) is 1. The Morgan fingerprint density at radius 3 is 2.33 bits per heavy atom. The minimum Gasteiger partial charge on any atom is -0.306 e. The molecule has 0 aliphatic heterocycles. The molecule has 0 aromatic carbocycles. The molecule has 0 fully saturated rings. The van der Waals surface area contributed by atoms with E-state index in [1.165, 1.54) is 11.4 Å². The fraction of sp³-hybridized carbons (Fsp3) is 0.500. The van der Waals surface area contributed by atoms with E-state index in [4.69, 9.17) is 0 Å². The summed E-state index contributed by atoms with van der Waals surface area (Å²) < 4.78 is 3.92. The standard InChI is InChI=1S/C12H19N5.ClH/c1-10(2)17-12(5-7-15-17)9-13-8-11-4-6-14-16(11)3;/h4-7,10,13H,8-9H2,1-3H3;1H. The Balaban J connectivity index is 0.00000162. The summed E-state index contributed by atoms with van der Waals surface area (Å²) in [6.07, 6.45) is 3.66. The Morgan fingerprint density at radius 2 is 1.72 bits per heavy atom. The summed E-state index contributed by atoms with van der Waals surface area (Å²) in [6, 6.07) is 4.47. The topological polar surface area (TPSA) is 47.7 Å². The van der Waals surface area contributed by atoms with E-state index < -0.39 is 0 Å². The predicted molar refractivity (Wildman–Crippen MR) is 73.6 cm³/mol. The van der Waals surface area contributed by atoms with E-state index >= 15 is 0 Å². The van der Waals surface area contributed by atoms with Crippen LogP contribution in [0.25, 0.3) is 0 Å². The van der Waals surface area contributed by atoms with Gasteiger partial charge in [-0.05, 0) is 26.0 Å². The first-order chi connectivity index (χ1) is 8.18. The first-order valence-electron chi connectivity index (χ1n) is 5.88. The van der Waals surface area contributed by atoms with Gasteiger partial charge in [-0.3, -0.25) is 9.36 Å². The molecule has 5 nitrogen and oxygen atoms in total. The second kappa shape index (κ2) is 6.56. The van der Waals surface area contributed by atoms with Gasteiger partial charge in [0.05, 0.1) is 11.4 Å². The molecule has 0 bridgehead atoms. The molecule has 0 saturated heterocycles. The van der Waals surface area contributed by atoms with Gasteiger partial charge >= 0.3 is 0 Å². The summed E-state index contributed by atoms with van der Waals surface area (Å²) >= 11 is 0. The van der Waals surface area contributed by atoms with Crippen molar-refractivity contribution < 1.29 is 0 Å². The summed E-state index contributed by atoms with van der Waals surface area (Å²) in [4.78, 5) is 0. The zero-order chi connectivity index (χ0) is 12.3. The highest BCUT2D eigenvalue weighted by Gasteiger charge is 2.05. The molecule has 18 heavy (non-hydrogen) atoms. The van der Waals surface area contributed by atoms with Crippen molar-refractivity contribution in [3.8, 4) is 0 Å². The van der Waals surface area contributed by atoms with Crippen LogP contribution in [0.15, 0.2) is 24.5 Å². The highest BCUT2D eigenvalue weighted by Crippen LogP contribution is 2.07. The molecule has 0 atom stereocenters. The molecule has 0 unspecified atom stereocenters. The molecule has 0 aliphatic rings. The molecule has 2 aromatic rings. The average Bonchev–Trinajstić information content (AvgIpc) is 2.88. The van der Waals surface area contributed by atoms with Crippen molar-refractivity contribution in [1.29, 1.82) is 0 Å². The average molecular weight is 270 g/mol. The molecule has 2 heterocycles. The molecular formula is C12H20ClN5. The Bertz CT molecular complexity index is 474. The fourth-order valence-corrected chi connectivity index (χ4v) is 1.84. The first-order valence-corrected chi connectivity index (χ1v) is 5.88. The lowest BCUT2D eigenvalue weighted by Gasteiger charge is -2.11. The van der Waals surface area contributed by atoms with Crippen LogP contribution >= 0.6 is 12.4 Å². The smallest absolute Gasteiger partial charge is 0.0525 e. The number of aryl methyl sites for hydroxylation is 1. The molecule has 1 N–H and O–H groups in total. The van der Waals surface area contributed by atoms with Crippen LogP contribution in [-0.4, -0.2) is 19.6 Å². The molecule has 2 aromatic heterocycles. The van der Waals surface area contributed by atoms with Crippen molar-refractivity contribution in [3.05, 3.63) is 35.9 Å². The van der Waals surface area contributed by atoms with Crippen molar-refractivity contribution >= 4 is 12.4 Å². The van der Waals surface area contributed by atoms with Crippen molar-refractivity contribution in [2.75, 3.05) is 0 Å². The van der Waals surface area contributed by atoms with Crippen LogP contribution in [0.4, 0.5) is 0 Å². The number of rotatable bonds is 5. The molecule has 0 saturated carbocycles. The maximum absolute atomic E-state index is 4.31. The SMILES string of the molecule is CC(C)n1nccc1CNCc1ccnn1C.Cl. The van der Waals surface area contributed by atoms with Crippen LogP contribution in [0.1, 0.15) is 31.3 Å². The van der Waals surface area contributed by atoms with E-state index in [0.29, 0.717) is 6.04 Å². The third kappa shape index (κ3) is 3.34. The molecule has 0 spiro atoms. The highest BCUT2D eigenvalue weighted by molar-refractivity contribution is 5.85. The number of nitrogens with one attached hydrogen (secondary N) is 1. The Hall–Kier alpha value is -1.33. The molecule has 100 valence electrons. The van der Waals surface area contributed by atoms with Crippen molar-refractivity contribution in [1.82, 2.24) is 24.9 Å².